The first-order chi connectivity index (χ1) is 15.0. The molecule has 5 rings (SSSR count). The third-order valence-electron chi connectivity index (χ3n) is 5.66. The van der Waals surface area contributed by atoms with E-state index in [0.717, 1.165) is 34.7 Å². The average Bonchev–Trinajstić information content (AvgIpc) is 3.37. The van der Waals surface area contributed by atoms with Crippen LogP contribution in [0.5, 0.6) is 0 Å². The molecule has 0 radical (unpaired) electrons. The Balaban J connectivity index is 1.51. The molecule has 1 saturated heterocycles. The summed E-state index contributed by atoms with van der Waals surface area (Å²) in [5.74, 6) is 0.993. The maximum atomic E-state index is 13.2. The van der Waals surface area contributed by atoms with E-state index in [1.807, 2.05) is 32.0 Å². The van der Waals surface area contributed by atoms with E-state index in [2.05, 4.69) is 9.97 Å². The summed E-state index contributed by atoms with van der Waals surface area (Å²) in [6, 6.07) is 7.38. The SMILES string of the molecule is Cc1sc2nc(CSc3nc4ccccc4c(=O)n3C[C@@H]3CCCO3)[nH]c(=O)c2c1C. The van der Waals surface area contributed by atoms with Gasteiger partial charge in [0.05, 0.1) is 34.7 Å². The van der Waals surface area contributed by atoms with Crippen molar-refractivity contribution in [3.05, 3.63) is 61.2 Å². The lowest BCUT2D eigenvalue weighted by molar-refractivity contribution is 0.0937. The summed E-state index contributed by atoms with van der Waals surface area (Å²) in [6.07, 6.45) is 1.96. The van der Waals surface area contributed by atoms with Crippen molar-refractivity contribution in [3.63, 3.8) is 0 Å². The Bertz CT molecular complexity index is 1400. The molecule has 1 atom stereocenters. The lowest BCUT2D eigenvalue weighted by Gasteiger charge is -2.16. The van der Waals surface area contributed by atoms with Gasteiger partial charge in [-0.2, -0.15) is 0 Å². The number of para-hydroxylation sites is 1. The van der Waals surface area contributed by atoms with Gasteiger partial charge >= 0.3 is 0 Å². The molecule has 0 amide bonds. The van der Waals surface area contributed by atoms with Gasteiger partial charge in [0.1, 0.15) is 10.7 Å². The molecule has 1 fully saturated rings. The van der Waals surface area contributed by atoms with E-state index >= 15 is 0 Å². The minimum atomic E-state index is -0.120. The van der Waals surface area contributed by atoms with Crippen LogP contribution in [0.4, 0.5) is 0 Å². The topological polar surface area (TPSA) is 89.9 Å². The van der Waals surface area contributed by atoms with Crippen molar-refractivity contribution in [3.8, 4) is 0 Å². The van der Waals surface area contributed by atoms with Gasteiger partial charge in [0.15, 0.2) is 5.16 Å². The summed E-state index contributed by atoms with van der Waals surface area (Å²) < 4.78 is 7.47. The zero-order valence-electron chi connectivity index (χ0n) is 17.3. The summed E-state index contributed by atoms with van der Waals surface area (Å²) in [5, 5.41) is 1.87. The molecule has 7 nitrogen and oxygen atoms in total. The molecule has 1 aliphatic heterocycles. The van der Waals surface area contributed by atoms with Crippen molar-refractivity contribution in [2.24, 2.45) is 0 Å². The fourth-order valence-electron chi connectivity index (χ4n) is 3.91. The van der Waals surface area contributed by atoms with Gasteiger partial charge in [-0.15, -0.1) is 11.3 Å². The monoisotopic (exact) mass is 454 g/mol. The number of H-pyrrole nitrogens is 1. The molecule has 1 aliphatic rings. The van der Waals surface area contributed by atoms with Crippen LogP contribution in [0.25, 0.3) is 21.1 Å². The van der Waals surface area contributed by atoms with Crippen LogP contribution in [0.2, 0.25) is 0 Å². The lowest BCUT2D eigenvalue weighted by atomic mass is 10.2. The molecule has 0 aliphatic carbocycles. The minimum Gasteiger partial charge on any atom is -0.376 e. The summed E-state index contributed by atoms with van der Waals surface area (Å²) in [7, 11) is 0. The van der Waals surface area contributed by atoms with Crippen molar-refractivity contribution in [2.45, 2.75) is 50.2 Å². The molecule has 0 bridgehead atoms. The largest absolute Gasteiger partial charge is 0.376 e. The highest BCUT2D eigenvalue weighted by Crippen LogP contribution is 2.27. The fourth-order valence-corrected chi connectivity index (χ4v) is 5.84. The first-order valence-corrected chi connectivity index (χ1v) is 12.0. The highest BCUT2D eigenvalue weighted by molar-refractivity contribution is 7.98. The number of rotatable bonds is 5. The number of hydrogen-bond donors (Lipinski definition) is 1. The molecule has 3 aromatic heterocycles. The molecule has 1 N–H and O–H groups in total. The van der Waals surface area contributed by atoms with Gasteiger partial charge in [-0.25, -0.2) is 9.97 Å². The Morgan fingerprint density at radius 1 is 1.26 bits per heavy atom. The second-order valence-electron chi connectivity index (χ2n) is 7.73. The number of hydrogen-bond acceptors (Lipinski definition) is 7. The van der Waals surface area contributed by atoms with Crippen molar-refractivity contribution in [1.29, 1.82) is 0 Å². The Morgan fingerprint density at radius 2 is 2.10 bits per heavy atom. The molecule has 0 unspecified atom stereocenters. The molecule has 9 heteroatoms. The summed E-state index contributed by atoms with van der Waals surface area (Å²) in [6.45, 7) is 5.15. The molecule has 160 valence electrons. The van der Waals surface area contributed by atoms with E-state index in [1.165, 1.54) is 23.1 Å². The zero-order valence-corrected chi connectivity index (χ0v) is 18.9. The van der Waals surface area contributed by atoms with Crippen molar-refractivity contribution < 1.29 is 4.74 Å². The van der Waals surface area contributed by atoms with E-state index in [4.69, 9.17) is 9.72 Å². The molecule has 1 aromatic carbocycles. The van der Waals surface area contributed by atoms with Gasteiger partial charge in [-0.1, -0.05) is 23.9 Å². The van der Waals surface area contributed by atoms with Crippen LogP contribution < -0.4 is 11.1 Å². The van der Waals surface area contributed by atoms with E-state index in [9.17, 15) is 9.59 Å². The van der Waals surface area contributed by atoms with Crippen LogP contribution in [0.1, 0.15) is 29.1 Å². The number of nitrogens with zero attached hydrogens (tertiary/aromatic N) is 3. The molecule has 0 saturated carbocycles. The Morgan fingerprint density at radius 3 is 2.90 bits per heavy atom. The minimum absolute atomic E-state index is 0.0198. The quantitative estimate of drug-likeness (QED) is 0.365. The highest BCUT2D eigenvalue weighted by Gasteiger charge is 2.20. The average molecular weight is 455 g/mol. The van der Waals surface area contributed by atoms with Crippen molar-refractivity contribution in [1.82, 2.24) is 19.5 Å². The number of thiophene rings is 1. The first kappa shape index (κ1) is 20.4. The van der Waals surface area contributed by atoms with Crippen LogP contribution in [-0.2, 0) is 17.0 Å². The Kier molecular flexibility index (Phi) is 5.41. The van der Waals surface area contributed by atoms with Crippen LogP contribution in [0.15, 0.2) is 39.0 Å². The number of benzene rings is 1. The predicted octanol–water partition coefficient (Wildman–Crippen LogP) is 3.78. The maximum absolute atomic E-state index is 13.2. The number of nitrogens with one attached hydrogen (secondary N) is 1. The third kappa shape index (κ3) is 3.81. The molecular formula is C22H22N4O3S2. The Hall–Kier alpha value is -2.49. The second kappa shape index (κ2) is 8.22. The number of aryl methyl sites for hydroxylation is 2. The molecule has 4 heterocycles. The maximum Gasteiger partial charge on any atom is 0.262 e. The van der Waals surface area contributed by atoms with Gasteiger partial charge in [-0.05, 0) is 44.4 Å². The molecule has 0 spiro atoms. The van der Waals surface area contributed by atoms with E-state index in [-0.39, 0.29) is 17.2 Å². The predicted molar refractivity (Wildman–Crippen MR) is 124 cm³/mol. The molecule has 31 heavy (non-hydrogen) atoms. The normalized spacial score (nSPS) is 16.5. The Labute approximate surface area is 186 Å². The third-order valence-corrected chi connectivity index (χ3v) is 7.75. The zero-order chi connectivity index (χ0) is 21.5. The summed E-state index contributed by atoms with van der Waals surface area (Å²) >= 11 is 2.94. The van der Waals surface area contributed by atoms with Gasteiger partial charge in [-0.3, -0.25) is 14.2 Å². The van der Waals surface area contributed by atoms with Crippen LogP contribution in [0.3, 0.4) is 0 Å². The molecular weight excluding hydrogens is 432 g/mol. The summed E-state index contributed by atoms with van der Waals surface area (Å²) in [4.78, 5) is 39.9. The number of aromatic nitrogens is 4. The summed E-state index contributed by atoms with van der Waals surface area (Å²) in [5.41, 5.74) is 1.46. The van der Waals surface area contributed by atoms with Crippen LogP contribution >= 0.6 is 23.1 Å². The van der Waals surface area contributed by atoms with Crippen molar-refractivity contribution in [2.75, 3.05) is 6.61 Å². The van der Waals surface area contributed by atoms with Gasteiger partial charge < -0.3 is 9.72 Å². The smallest absolute Gasteiger partial charge is 0.262 e. The van der Waals surface area contributed by atoms with E-state index < -0.39 is 0 Å². The number of thioether (sulfide) groups is 1. The van der Waals surface area contributed by atoms with E-state index in [1.54, 1.807) is 10.6 Å². The van der Waals surface area contributed by atoms with Crippen LogP contribution in [-0.4, -0.2) is 32.2 Å². The lowest BCUT2D eigenvalue weighted by Crippen LogP contribution is -2.28. The highest BCUT2D eigenvalue weighted by atomic mass is 32.2. The van der Waals surface area contributed by atoms with Gasteiger partial charge in [0.25, 0.3) is 11.1 Å². The first-order valence-electron chi connectivity index (χ1n) is 10.2. The van der Waals surface area contributed by atoms with Gasteiger partial charge in [0.2, 0.25) is 0 Å². The van der Waals surface area contributed by atoms with E-state index in [0.29, 0.717) is 39.6 Å². The van der Waals surface area contributed by atoms with Crippen molar-refractivity contribution >= 4 is 44.2 Å². The number of ether oxygens (including phenoxy) is 1. The van der Waals surface area contributed by atoms with Crippen LogP contribution in [0, 0.1) is 13.8 Å². The number of fused-ring (bicyclic) bond motifs is 2. The number of aromatic amines is 1. The fraction of sp³-hybridized carbons (Fsp3) is 0.364. The second-order valence-corrected chi connectivity index (χ2v) is 9.87. The van der Waals surface area contributed by atoms with Gasteiger partial charge in [0, 0.05) is 11.5 Å². The standard InChI is InChI=1S/C22H22N4O3S2/c1-12-13(2)31-20-18(12)19(27)24-17(25-20)11-30-22-23-16-8-4-3-7-15(16)21(28)26(22)10-14-6-5-9-29-14/h3-4,7-8,14H,5-6,9-11H2,1-2H3,(H,24,25,27)/t14-/m0/s1. The molecule has 4 aromatic rings.